The number of rotatable bonds is 1. The van der Waals surface area contributed by atoms with Crippen LogP contribution in [0.1, 0.15) is 5.01 Å². The molecule has 0 saturated heterocycles. The molecule has 0 aliphatic rings. The summed E-state index contributed by atoms with van der Waals surface area (Å²) in [5.74, 6) is 0. The lowest BCUT2D eigenvalue weighted by atomic mass is 10.5. The van der Waals surface area contributed by atoms with Gasteiger partial charge in [-0.2, -0.15) is 0 Å². The summed E-state index contributed by atoms with van der Waals surface area (Å²) in [7, 11) is 1.49. The van der Waals surface area contributed by atoms with Crippen LogP contribution >= 0.6 is 22.0 Å². The highest BCUT2D eigenvalue weighted by molar-refractivity contribution is 8.13. The van der Waals surface area contributed by atoms with Gasteiger partial charge >= 0.3 is 0 Å². The lowest BCUT2D eigenvalue weighted by molar-refractivity contribution is 0.609. The van der Waals surface area contributed by atoms with Crippen LogP contribution in [0.3, 0.4) is 0 Å². The summed E-state index contributed by atoms with van der Waals surface area (Å²) in [4.78, 5) is 8.02. The van der Waals surface area contributed by atoms with Gasteiger partial charge in [0.2, 0.25) is 0 Å². The van der Waals surface area contributed by atoms with Crippen molar-refractivity contribution in [1.29, 1.82) is 0 Å². The standard InChI is InChI=1S/C7H5ClN2O2S2/c1-4-10-7-6(13-4)2-5(3-9-7)14(8,11)12/h2-3H,1H3. The van der Waals surface area contributed by atoms with Gasteiger partial charge < -0.3 is 0 Å². The maximum absolute atomic E-state index is 11.0. The fraction of sp³-hybridized carbons (Fsp3) is 0.143. The van der Waals surface area contributed by atoms with Gasteiger partial charge in [0.1, 0.15) is 4.90 Å². The van der Waals surface area contributed by atoms with Gasteiger partial charge in [-0.05, 0) is 13.0 Å². The van der Waals surface area contributed by atoms with E-state index in [1.165, 1.54) is 23.6 Å². The second kappa shape index (κ2) is 3.15. The lowest BCUT2D eigenvalue weighted by Crippen LogP contribution is -1.91. The first-order valence-corrected chi connectivity index (χ1v) is 6.77. The van der Waals surface area contributed by atoms with Crippen LogP contribution in [0.15, 0.2) is 17.2 Å². The van der Waals surface area contributed by atoms with Crippen LogP contribution in [0.4, 0.5) is 0 Å². The van der Waals surface area contributed by atoms with E-state index in [-0.39, 0.29) is 4.90 Å². The summed E-state index contributed by atoms with van der Waals surface area (Å²) in [6.45, 7) is 1.83. The first kappa shape index (κ1) is 9.82. The zero-order valence-corrected chi connectivity index (χ0v) is 9.45. The minimum atomic E-state index is -3.70. The fourth-order valence-electron chi connectivity index (χ4n) is 1.04. The minimum Gasteiger partial charge on any atom is -0.234 e. The molecule has 2 heterocycles. The Bertz CT molecular complexity index is 591. The van der Waals surface area contributed by atoms with E-state index in [1.807, 2.05) is 6.92 Å². The van der Waals surface area contributed by atoms with E-state index in [1.54, 1.807) is 0 Å². The Morgan fingerprint density at radius 1 is 1.50 bits per heavy atom. The van der Waals surface area contributed by atoms with Crippen LogP contribution in [-0.4, -0.2) is 18.4 Å². The van der Waals surface area contributed by atoms with Gasteiger partial charge in [-0.1, -0.05) is 0 Å². The number of hydrogen-bond acceptors (Lipinski definition) is 5. The topological polar surface area (TPSA) is 59.9 Å². The molecular formula is C7H5ClN2O2S2. The Morgan fingerprint density at radius 3 is 2.86 bits per heavy atom. The van der Waals surface area contributed by atoms with Crippen molar-refractivity contribution in [2.75, 3.05) is 0 Å². The van der Waals surface area contributed by atoms with E-state index in [4.69, 9.17) is 10.7 Å². The van der Waals surface area contributed by atoms with Crippen molar-refractivity contribution < 1.29 is 8.42 Å². The largest absolute Gasteiger partial charge is 0.262 e. The maximum atomic E-state index is 11.0. The van der Waals surface area contributed by atoms with Crippen LogP contribution in [-0.2, 0) is 9.05 Å². The van der Waals surface area contributed by atoms with E-state index in [0.29, 0.717) is 5.65 Å². The predicted octanol–water partition coefficient (Wildman–Crippen LogP) is 1.93. The molecule has 0 spiro atoms. The molecule has 7 heteroatoms. The van der Waals surface area contributed by atoms with Crippen molar-refractivity contribution in [2.45, 2.75) is 11.8 Å². The Balaban J connectivity index is 2.74. The van der Waals surface area contributed by atoms with Crippen molar-refractivity contribution in [3.63, 3.8) is 0 Å². The maximum Gasteiger partial charge on any atom is 0.262 e. The highest BCUT2D eigenvalue weighted by Crippen LogP contribution is 2.23. The Morgan fingerprint density at radius 2 is 2.21 bits per heavy atom. The van der Waals surface area contributed by atoms with E-state index in [2.05, 4.69) is 9.97 Å². The van der Waals surface area contributed by atoms with Gasteiger partial charge in [-0.15, -0.1) is 11.3 Å². The first-order valence-electron chi connectivity index (χ1n) is 3.65. The highest BCUT2D eigenvalue weighted by Gasteiger charge is 2.12. The van der Waals surface area contributed by atoms with E-state index < -0.39 is 9.05 Å². The summed E-state index contributed by atoms with van der Waals surface area (Å²) in [5.41, 5.74) is 0.552. The molecule has 0 fully saturated rings. The number of fused-ring (bicyclic) bond motifs is 1. The number of nitrogens with zero attached hydrogens (tertiary/aromatic N) is 2. The molecule has 0 amide bonds. The van der Waals surface area contributed by atoms with Crippen LogP contribution in [0.5, 0.6) is 0 Å². The monoisotopic (exact) mass is 248 g/mol. The smallest absolute Gasteiger partial charge is 0.234 e. The van der Waals surface area contributed by atoms with Gasteiger partial charge in [0.25, 0.3) is 9.05 Å². The Labute approximate surface area is 89.0 Å². The molecule has 0 bridgehead atoms. The second-order valence-electron chi connectivity index (χ2n) is 2.66. The molecule has 2 aromatic heterocycles. The van der Waals surface area contributed by atoms with Crippen LogP contribution in [0.2, 0.25) is 0 Å². The normalized spacial score (nSPS) is 12.1. The molecule has 4 nitrogen and oxygen atoms in total. The highest BCUT2D eigenvalue weighted by atomic mass is 35.7. The molecule has 0 unspecified atom stereocenters. The number of halogens is 1. The van der Waals surface area contributed by atoms with Crippen molar-refractivity contribution in [3.05, 3.63) is 17.3 Å². The first-order chi connectivity index (χ1) is 6.47. The zero-order chi connectivity index (χ0) is 10.3. The predicted molar refractivity (Wildman–Crippen MR) is 55.2 cm³/mol. The second-order valence-corrected chi connectivity index (χ2v) is 6.46. The summed E-state index contributed by atoms with van der Waals surface area (Å²) in [6.07, 6.45) is 1.21. The van der Waals surface area contributed by atoms with Crippen molar-refractivity contribution in [1.82, 2.24) is 9.97 Å². The molecule has 0 N–H and O–H groups in total. The van der Waals surface area contributed by atoms with Crippen molar-refractivity contribution >= 4 is 41.4 Å². The van der Waals surface area contributed by atoms with Gasteiger partial charge in [-0.25, -0.2) is 18.4 Å². The average Bonchev–Trinajstić information content (AvgIpc) is 2.41. The quantitative estimate of drug-likeness (QED) is 0.724. The summed E-state index contributed by atoms with van der Waals surface area (Å²) < 4.78 is 22.7. The molecule has 2 aromatic rings. The molecule has 0 atom stereocenters. The van der Waals surface area contributed by atoms with E-state index >= 15 is 0 Å². The minimum absolute atomic E-state index is 0.00955. The third-order valence-electron chi connectivity index (χ3n) is 1.61. The molecule has 0 saturated carbocycles. The van der Waals surface area contributed by atoms with Crippen molar-refractivity contribution in [2.24, 2.45) is 0 Å². The average molecular weight is 249 g/mol. The number of aryl methyl sites for hydroxylation is 1. The third-order valence-corrected chi connectivity index (χ3v) is 3.84. The SMILES string of the molecule is Cc1nc2ncc(S(=O)(=O)Cl)cc2s1. The third kappa shape index (κ3) is 1.73. The van der Waals surface area contributed by atoms with Crippen LogP contribution < -0.4 is 0 Å². The lowest BCUT2D eigenvalue weighted by Gasteiger charge is -1.93. The molecule has 0 aliphatic carbocycles. The van der Waals surface area contributed by atoms with Gasteiger partial charge in [0.15, 0.2) is 5.65 Å². The van der Waals surface area contributed by atoms with Gasteiger partial charge in [0, 0.05) is 16.9 Å². The van der Waals surface area contributed by atoms with Crippen molar-refractivity contribution in [3.8, 4) is 0 Å². The molecule has 0 aromatic carbocycles. The Kier molecular flexibility index (Phi) is 2.21. The molecular weight excluding hydrogens is 244 g/mol. The molecule has 0 aliphatic heterocycles. The molecule has 2 rings (SSSR count). The molecule has 74 valence electrons. The number of aromatic nitrogens is 2. The van der Waals surface area contributed by atoms with Crippen LogP contribution in [0.25, 0.3) is 10.3 Å². The molecule has 0 radical (unpaired) electrons. The number of thiazole rings is 1. The molecule has 14 heavy (non-hydrogen) atoms. The summed E-state index contributed by atoms with van der Waals surface area (Å²) in [6, 6.07) is 1.48. The number of hydrogen-bond donors (Lipinski definition) is 0. The summed E-state index contributed by atoms with van der Waals surface area (Å²) >= 11 is 1.39. The van der Waals surface area contributed by atoms with Crippen LogP contribution in [0, 0.1) is 6.92 Å². The van der Waals surface area contributed by atoms with Gasteiger partial charge in [-0.3, -0.25) is 0 Å². The van der Waals surface area contributed by atoms with E-state index in [0.717, 1.165) is 9.71 Å². The number of pyridine rings is 1. The zero-order valence-electron chi connectivity index (χ0n) is 7.06. The summed E-state index contributed by atoms with van der Waals surface area (Å²) in [5, 5.41) is 0.844. The van der Waals surface area contributed by atoms with E-state index in [9.17, 15) is 8.42 Å². The fourth-order valence-corrected chi connectivity index (χ4v) is 2.63. The Hall–Kier alpha value is -0.720. The van der Waals surface area contributed by atoms with Gasteiger partial charge in [0.05, 0.1) is 9.71 Å².